The highest BCUT2D eigenvalue weighted by Crippen LogP contribution is 2.36. The summed E-state index contributed by atoms with van der Waals surface area (Å²) in [5.74, 6) is 0.766. The minimum Gasteiger partial charge on any atom is -0.496 e. The number of nitrogens with one attached hydrogen (secondary N) is 1. The summed E-state index contributed by atoms with van der Waals surface area (Å²) in [6.45, 7) is 3.30. The second kappa shape index (κ2) is 6.80. The van der Waals surface area contributed by atoms with Crippen LogP contribution in [0, 0.1) is 5.92 Å². The fourth-order valence-electron chi connectivity index (χ4n) is 3.02. The Morgan fingerprint density at radius 2 is 2.29 bits per heavy atom. The first kappa shape index (κ1) is 15.6. The molecule has 1 aliphatic rings. The third-order valence-electron chi connectivity index (χ3n) is 4.06. The summed E-state index contributed by atoms with van der Waals surface area (Å²) in [5.41, 5.74) is 1.75. The van der Waals surface area contributed by atoms with Gasteiger partial charge >= 0.3 is 0 Å². The largest absolute Gasteiger partial charge is 0.496 e. The molecule has 2 unspecified atom stereocenters. The van der Waals surface area contributed by atoms with Crippen molar-refractivity contribution in [2.45, 2.75) is 25.9 Å². The van der Waals surface area contributed by atoms with E-state index in [9.17, 15) is 9.90 Å². The molecule has 0 saturated carbocycles. The van der Waals surface area contributed by atoms with Gasteiger partial charge in [0.15, 0.2) is 0 Å². The van der Waals surface area contributed by atoms with E-state index in [1.54, 1.807) is 21.1 Å². The van der Waals surface area contributed by atoms with Crippen molar-refractivity contribution in [3.8, 4) is 5.75 Å². The molecule has 1 heterocycles. The molecule has 5 heteroatoms. The Morgan fingerprint density at radius 1 is 1.52 bits per heavy atom. The van der Waals surface area contributed by atoms with Crippen molar-refractivity contribution in [2.75, 3.05) is 32.1 Å². The zero-order valence-electron chi connectivity index (χ0n) is 12.9. The number of piperidine rings is 1. The van der Waals surface area contributed by atoms with Gasteiger partial charge in [-0.3, -0.25) is 4.79 Å². The summed E-state index contributed by atoms with van der Waals surface area (Å²) in [7, 11) is 3.28. The maximum Gasteiger partial charge on any atom is 0.224 e. The Bertz CT molecular complexity index is 502. The van der Waals surface area contributed by atoms with Crippen LogP contribution in [0.4, 0.5) is 5.69 Å². The Morgan fingerprint density at radius 3 is 2.90 bits per heavy atom. The number of hydrogen-bond donors (Lipinski definition) is 2. The van der Waals surface area contributed by atoms with E-state index in [0.717, 1.165) is 30.6 Å². The van der Waals surface area contributed by atoms with Crippen LogP contribution in [0.25, 0.3) is 0 Å². The van der Waals surface area contributed by atoms with E-state index in [0.29, 0.717) is 12.3 Å². The first-order valence-corrected chi connectivity index (χ1v) is 7.40. The number of carbonyl (C=O) groups excluding carboxylic acids is 1. The predicted molar refractivity (Wildman–Crippen MR) is 82.6 cm³/mol. The lowest BCUT2D eigenvalue weighted by Gasteiger charge is -2.35. The fourth-order valence-corrected chi connectivity index (χ4v) is 3.02. The predicted octanol–water partition coefficient (Wildman–Crippen LogP) is 1.71. The number of benzene rings is 1. The van der Waals surface area contributed by atoms with Crippen LogP contribution in [0.2, 0.25) is 0 Å². The van der Waals surface area contributed by atoms with Crippen molar-refractivity contribution in [1.29, 1.82) is 0 Å². The summed E-state index contributed by atoms with van der Waals surface area (Å²) < 4.78 is 5.37. The second-order valence-electron chi connectivity index (χ2n) is 5.47. The highest BCUT2D eigenvalue weighted by molar-refractivity contribution is 5.79. The van der Waals surface area contributed by atoms with E-state index in [1.165, 1.54) is 0 Å². The lowest BCUT2D eigenvalue weighted by Crippen LogP contribution is -2.42. The standard InChI is InChI=1S/C16H24N2O3/c1-11(19)15-13(7-4-8-14(15)21-3)18-9-5-6-12(10-18)16(20)17-2/h4,7-8,11-12,19H,5-6,9-10H2,1-3H3,(H,17,20). The Balaban J connectivity index is 2.30. The third kappa shape index (κ3) is 3.29. The molecular weight excluding hydrogens is 268 g/mol. The highest BCUT2D eigenvalue weighted by Gasteiger charge is 2.27. The zero-order chi connectivity index (χ0) is 15.4. The molecular formula is C16H24N2O3. The number of rotatable bonds is 4. The molecule has 116 valence electrons. The second-order valence-corrected chi connectivity index (χ2v) is 5.47. The van der Waals surface area contributed by atoms with E-state index in [2.05, 4.69) is 10.2 Å². The molecule has 0 radical (unpaired) electrons. The van der Waals surface area contributed by atoms with Gasteiger partial charge in [0.25, 0.3) is 0 Å². The molecule has 0 bridgehead atoms. The molecule has 21 heavy (non-hydrogen) atoms. The number of aliphatic hydroxyl groups is 1. The van der Waals surface area contributed by atoms with Gasteiger partial charge in [0.2, 0.25) is 5.91 Å². The van der Waals surface area contributed by atoms with Crippen molar-refractivity contribution in [3.63, 3.8) is 0 Å². The maximum absolute atomic E-state index is 11.9. The summed E-state index contributed by atoms with van der Waals surface area (Å²) in [5, 5.41) is 12.8. The van der Waals surface area contributed by atoms with E-state index in [-0.39, 0.29) is 11.8 Å². The van der Waals surface area contributed by atoms with E-state index in [1.807, 2.05) is 18.2 Å². The monoisotopic (exact) mass is 292 g/mol. The van der Waals surface area contributed by atoms with Crippen LogP contribution in [0.1, 0.15) is 31.4 Å². The van der Waals surface area contributed by atoms with Crippen LogP contribution in [-0.4, -0.2) is 38.3 Å². The highest BCUT2D eigenvalue weighted by atomic mass is 16.5. The zero-order valence-corrected chi connectivity index (χ0v) is 12.9. The SMILES string of the molecule is CNC(=O)C1CCCN(c2cccc(OC)c2C(C)O)C1. The molecule has 1 amide bonds. The molecule has 1 aliphatic heterocycles. The number of carbonyl (C=O) groups is 1. The van der Waals surface area contributed by atoms with Crippen molar-refractivity contribution >= 4 is 11.6 Å². The van der Waals surface area contributed by atoms with Gasteiger partial charge in [0.1, 0.15) is 5.75 Å². The maximum atomic E-state index is 11.9. The average molecular weight is 292 g/mol. The van der Waals surface area contributed by atoms with Crippen LogP contribution in [0.3, 0.4) is 0 Å². The van der Waals surface area contributed by atoms with Gasteiger partial charge in [-0.1, -0.05) is 6.07 Å². The molecule has 5 nitrogen and oxygen atoms in total. The number of methoxy groups -OCH3 is 1. The molecule has 1 saturated heterocycles. The number of nitrogens with zero attached hydrogens (tertiary/aromatic N) is 1. The molecule has 0 aromatic heterocycles. The molecule has 0 spiro atoms. The van der Waals surface area contributed by atoms with Crippen molar-refractivity contribution in [3.05, 3.63) is 23.8 Å². The molecule has 1 aromatic carbocycles. The molecule has 1 aromatic rings. The van der Waals surface area contributed by atoms with E-state index in [4.69, 9.17) is 4.74 Å². The third-order valence-corrected chi connectivity index (χ3v) is 4.06. The number of hydrogen-bond acceptors (Lipinski definition) is 4. The molecule has 2 atom stereocenters. The van der Waals surface area contributed by atoms with Crippen molar-refractivity contribution in [1.82, 2.24) is 5.32 Å². The Hall–Kier alpha value is -1.75. The van der Waals surface area contributed by atoms with Crippen LogP contribution in [0.15, 0.2) is 18.2 Å². The Kier molecular flexibility index (Phi) is 5.07. The van der Waals surface area contributed by atoms with Crippen LogP contribution in [-0.2, 0) is 4.79 Å². The van der Waals surface area contributed by atoms with Gasteiger partial charge in [-0.15, -0.1) is 0 Å². The van der Waals surface area contributed by atoms with Crippen LogP contribution >= 0.6 is 0 Å². The average Bonchev–Trinajstić information content (AvgIpc) is 2.53. The van der Waals surface area contributed by atoms with Gasteiger partial charge in [0.05, 0.1) is 19.1 Å². The summed E-state index contributed by atoms with van der Waals surface area (Å²) in [6, 6.07) is 5.76. The quantitative estimate of drug-likeness (QED) is 0.887. The van der Waals surface area contributed by atoms with Crippen LogP contribution < -0.4 is 15.0 Å². The fraction of sp³-hybridized carbons (Fsp3) is 0.562. The summed E-state index contributed by atoms with van der Waals surface area (Å²) in [6.07, 6.45) is 1.26. The molecule has 2 N–H and O–H groups in total. The molecule has 1 fully saturated rings. The van der Waals surface area contributed by atoms with Gasteiger partial charge in [-0.2, -0.15) is 0 Å². The lowest BCUT2D eigenvalue weighted by molar-refractivity contribution is -0.124. The lowest BCUT2D eigenvalue weighted by atomic mass is 9.95. The van der Waals surface area contributed by atoms with Gasteiger partial charge in [-0.25, -0.2) is 0 Å². The van der Waals surface area contributed by atoms with Gasteiger partial charge in [0, 0.05) is 31.4 Å². The topological polar surface area (TPSA) is 61.8 Å². The summed E-state index contributed by atoms with van der Waals surface area (Å²) >= 11 is 0. The van der Waals surface area contributed by atoms with E-state index < -0.39 is 6.10 Å². The molecule has 0 aliphatic carbocycles. The molecule has 2 rings (SSSR count). The normalized spacial score (nSPS) is 20.0. The number of amides is 1. The first-order chi connectivity index (χ1) is 10.1. The number of aliphatic hydroxyl groups excluding tert-OH is 1. The minimum absolute atomic E-state index is 0.00296. The summed E-state index contributed by atoms with van der Waals surface area (Å²) in [4.78, 5) is 14.0. The smallest absolute Gasteiger partial charge is 0.224 e. The van der Waals surface area contributed by atoms with Gasteiger partial charge < -0.3 is 20.1 Å². The number of anilines is 1. The number of ether oxygens (including phenoxy) is 1. The minimum atomic E-state index is -0.614. The van der Waals surface area contributed by atoms with Gasteiger partial charge in [-0.05, 0) is 31.9 Å². The van der Waals surface area contributed by atoms with Crippen molar-refractivity contribution in [2.24, 2.45) is 5.92 Å². The first-order valence-electron chi connectivity index (χ1n) is 7.40. The Labute approximate surface area is 125 Å². The van der Waals surface area contributed by atoms with Crippen LogP contribution in [0.5, 0.6) is 5.75 Å². The van der Waals surface area contributed by atoms with Crippen molar-refractivity contribution < 1.29 is 14.6 Å². The van der Waals surface area contributed by atoms with E-state index >= 15 is 0 Å².